The van der Waals surface area contributed by atoms with Crippen molar-refractivity contribution in [2.45, 2.75) is 31.1 Å². The van der Waals surface area contributed by atoms with E-state index in [4.69, 9.17) is 16.3 Å². The van der Waals surface area contributed by atoms with Crippen molar-refractivity contribution in [1.29, 1.82) is 0 Å². The zero-order valence-corrected chi connectivity index (χ0v) is 20.3. The highest BCUT2D eigenvalue weighted by Gasteiger charge is 2.37. The van der Waals surface area contributed by atoms with Crippen molar-refractivity contribution >= 4 is 49.1 Å². The predicted octanol–water partition coefficient (Wildman–Crippen LogP) is 4.49. The Morgan fingerprint density at radius 3 is 2.77 bits per heavy atom. The first-order chi connectivity index (χ1) is 14.8. The van der Waals surface area contributed by atoms with Crippen LogP contribution in [0.25, 0.3) is 0 Å². The highest BCUT2D eigenvalue weighted by Crippen LogP contribution is 2.34. The molecule has 1 unspecified atom stereocenters. The van der Waals surface area contributed by atoms with Crippen molar-refractivity contribution in [3.63, 3.8) is 0 Å². The maximum atomic E-state index is 13.3. The molecule has 2 heterocycles. The number of carbonyl (C=O) groups excluding carboxylic acids is 1. The lowest BCUT2D eigenvalue weighted by Crippen LogP contribution is -2.46. The average Bonchev–Trinajstić information content (AvgIpc) is 3.17. The summed E-state index contributed by atoms with van der Waals surface area (Å²) in [5.74, 6) is 0.0798. The van der Waals surface area contributed by atoms with Crippen molar-refractivity contribution in [3.05, 3.63) is 51.5 Å². The van der Waals surface area contributed by atoms with Gasteiger partial charge in [-0.2, -0.15) is 4.31 Å². The second kappa shape index (κ2) is 9.10. The molecule has 2 aromatic carbocycles. The minimum atomic E-state index is -3.76. The maximum Gasteiger partial charge on any atom is 0.243 e. The van der Waals surface area contributed by atoms with Crippen LogP contribution in [-0.4, -0.2) is 44.9 Å². The molecule has 31 heavy (non-hydrogen) atoms. The lowest BCUT2D eigenvalue weighted by molar-refractivity contribution is -0.123. The van der Waals surface area contributed by atoms with Crippen LogP contribution in [-0.2, 0) is 21.2 Å². The van der Waals surface area contributed by atoms with Gasteiger partial charge in [-0.25, -0.2) is 8.42 Å². The fourth-order valence-corrected chi connectivity index (χ4v) is 6.50. The molecule has 9 heteroatoms. The molecule has 0 saturated carbocycles. The third-order valence-electron chi connectivity index (χ3n) is 5.78. The Kier molecular flexibility index (Phi) is 6.62. The molecule has 1 amide bonds. The Balaban J connectivity index is 1.52. The smallest absolute Gasteiger partial charge is 0.243 e. The van der Waals surface area contributed by atoms with E-state index in [-0.39, 0.29) is 28.3 Å². The van der Waals surface area contributed by atoms with Crippen LogP contribution in [0.3, 0.4) is 0 Å². The SMILES string of the molecule is CCOc1ccc(S(=O)(=O)N2CCCC(C(=O)N3CCc4cc(Br)ccc43)C2)cc1Cl. The van der Waals surface area contributed by atoms with Crippen LogP contribution in [0.1, 0.15) is 25.3 Å². The quantitative estimate of drug-likeness (QED) is 0.575. The minimum Gasteiger partial charge on any atom is -0.492 e. The van der Waals surface area contributed by atoms with Gasteiger partial charge in [0.2, 0.25) is 15.9 Å². The number of rotatable bonds is 5. The van der Waals surface area contributed by atoms with Crippen LogP contribution in [0.5, 0.6) is 5.75 Å². The van der Waals surface area contributed by atoms with Gasteiger partial charge in [0.15, 0.2) is 0 Å². The number of hydrogen-bond donors (Lipinski definition) is 0. The second-order valence-electron chi connectivity index (χ2n) is 7.74. The Morgan fingerprint density at radius 2 is 2.03 bits per heavy atom. The van der Waals surface area contributed by atoms with Crippen LogP contribution in [0.4, 0.5) is 5.69 Å². The van der Waals surface area contributed by atoms with Crippen molar-refractivity contribution in [1.82, 2.24) is 4.31 Å². The number of benzene rings is 2. The summed E-state index contributed by atoms with van der Waals surface area (Å²) in [7, 11) is -3.76. The molecule has 2 aliphatic heterocycles. The number of fused-ring (bicyclic) bond motifs is 1. The highest BCUT2D eigenvalue weighted by molar-refractivity contribution is 9.10. The minimum absolute atomic E-state index is 0.00861. The number of piperidine rings is 1. The van der Waals surface area contributed by atoms with E-state index in [0.717, 1.165) is 22.1 Å². The Hall–Kier alpha value is -1.61. The van der Waals surface area contributed by atoms with Crippen molar-refractivity contribution in [3.8, 4) is 5.75 Å². The molecule has 2 aromatic rings. The summed E-state index contributed by atoms with van der Waals surface area (Å²) in [6.07, 6.45) is 2.12. The van der Waals surface area contributed by atoms with E-state index in [2.05, 4.69) is 15.9 Å². The predicted molar refractivity (Wildman–Crippen MR) is 124 cm³/mol. The molecule has 0 bridgehead atoms. The zero-order valence-electron chi connectivity index (χ0n) is 17.2. The molecule has 0 aromatic heterocycles. The first kappa shape index (κ1) is 22.6. The first-order valence-electron chi connectivity index (χ1n) is 10.3. The molecule has 0 aliphatic carbocycles. The molecule has 1 saturated heterocycles. The third kappa shape index (κ3) is 4.49. The number of anilines is 1. The number of ether oxygens (including phenoxy) is 1. The summed E-state index contributed by atoms with van der Waals surface area (Å²) in [5.41, 5.74) is 2.05. The van der Waals surface area contributed by atoms with Crippen LogP contribution < -0.4 is 9.64 Å². The highest BCUT2D eigenvalue weighted by atomic mass is 79.9. The standard InChI is InChI=1S/C22H24BrClN2O4S/c1-2-30-21-8-6-18(13-19(21)24)31(28,29)25-10-3-4-16(14-25)22(27)26-11-9-15-12-17(23)5-7-20(15)26/h5-8,12-13,16H,2-4,9-11,14H2,1H3. The number of sulfonamides is 1. The molecular weight excluding hydrogens is 504 g/mol. The third-order valence-corrected chi connectivity index (χ3v) is 8.43. The number of carbonyl (C=O) groups is 1. The van der Waals surface area contributed by atoms with Gasteiger partial charge in [-0.3, -0.25) is 4.79 Å². The summed E-state index contributed by atoms with van der Waals surface area (Å²) in [6.45, 7) is 3.47. The lowest BCUT2D eigenvalue weighted by Gasteiger charge is -2.33. The largest absolute Gasteiger partial charge is 0.492 e. The van der Waals surface area contributed by atoms with Crippen molar-refractivity contribution in [2.75, 3.05) is 31.1 Å². The fourth-order valence-electron chi connectivity index (χ4n) is 4.25. The van der Waals surface area contributed by atoms with Crippen LogP contribution in [0.15, 0.2) is 45.8 Å². The fraction of sp³-hybridized carbons (Fsp3) is 0.409. The van der Waals surface area contributed by atoms with E-state index in [1.807, 2.05) is 25.1 Å². The molecule has 1 fully saturated rings. The van der Waals surface area contributed by atoms with Gasteiger partial charge in [-0.05, 0) is 68.1 Å². The van der Waals surface area contributed by atoms with Crippen LogP contribution in [0, 0.1) is 5.92 Å². The lowest BCUT2D eigenvalue weighted by atomic mass is 9.98. The summed E-state index contributed by atoms with van der Waals surface area (Å²) >= 11 is 9.68. The van der Waals surface area contributed by atoms with E-state index >= 15 is 0 Å². The normalized spacial score (nSPS) is 19.3. The molecule has 6 nitrogen and oxygen atoms in total. The van der Waals surface area contributed by atoms with E-state index in [0.29, 0.717) is 38.3 Å². The molecule has 0 spiro atoms. The molecule has 166 valence electrons. The van der Waals surface area contributed by atoms with Gasteiger partial charge in [0, 0.05) is 29.8 Å². The maximum absolute atomic E-state index is 13.3. The molecular formula is C22H24BrClN2O4S. The number of hydrogen-bond acceptors (Lipinski definition) is 4. The number of nitrogens with zero attached hydrogens (tertiary/aromatic N) is 2. The molecule has 0 radical (unpaired) electrons. The topological polar surface area (TPSA) is 66.9 Å². The number of halogens is 2. The van der Waals surface area contributed by atoms with E-state index in [1.54, 1.807) is 11.0 Å². The second-order valence-corrected chi connectivity index (χ2v) is 11.0. The van der Waals surface area contributed by atoms with Crippen molar-refractivity contribution in [2.24, 2.45) is 5.92 Å². The van der Waals surface area contributed by atoms with Gasteiger partial charge < -0.3 is 9.64 Å². The summed E-state index contributed by atoms with van der Waals surface area (Å²) in [6, 6.07) is 10.4. The Morgan fingerprint density at radius 1 is 1.23 bits per heavy atom. The van der Waals surface area contributed by atoms with Gasteiger partial charge in [-0.15, -0.1) is 0 Å². The molecule has 0 N–H and O–H groups in total. The Labute approximate surface area is 196 Å². The van der Waals surface area contributed by atoms with E-state index in [1.165, 1.54) is 16.4 Å². The van der Waals surface area contributed by atoms with E-state index < -0.39 is 10.0 Å². The van der Waals surface area contributed by atoms with Gasteiger partial charge in [0.1, 0.15) is 5.75 Å². The summed E-state index contributed by atoms with van der Waals surface area (Å²) in [5, 5.41) is 0.257. The van der Waals surface area contributed by atoms with Gasteiger partial charge in [0.05, 0.1) is 22.4 Å². The average molecular weight is 528 g/mol. The molecule has 4 rings (SSSR count). The monoisotopic (exact) mass is 526 g/mol. The van der Waals surface area contributed by atoms with Crippen LogP contribution >= 0.6 is 27.5 Å². The Bertz CT molecular complexity index is 1110. The molecule has 2 aliphatic rings. The van der Waals surface area contributed by atoms with Gasteiger partial charge >= 0.3 is 0 Å². The zero-order chi connectivity index (χ0) is 22.2. The van der Waals surface area contributed by atoms with Gasteiger partial charge in [0.25, 0.3) is 0 Å². The first-order valence-corrected chi connectivity index (χ1v) is 12.9. The molecule has 1 atom stereocenters. The van der Waals surface area contributed by atoms with Gasteiger partial charge in [-0.1, -0.05) is 27.5 Å². The van der Waals surface area contributed by atoms with Crippen molar-refractivity contribution < 1.29 is 17.9 Å². The van der Waals surface area contributed by atoms with Crippen LogP contribution in [0.2, 0.25) is 5.02 Å². The summed E-state index contributed by atoms with van der Waals surface area (Å²) < 4.78 is 34.3. The number of amides is 1. The van der Waals surface area contributed by atoms with E-state index in [9.17, 15) is 13.2 Å². The summed E-state index contributed by atoms with van der Waals surface area (Å²) in [4.78, 5) is 15.2.